The molecule has 2 amide bonds. The first-order valence-electron chi connectivity index (χ1n) is 10.4. The van der Waals surface area contributed by atoms with Crippen LogP contribution in [-0.2, 0) is 29.0 Å². The summed E-state index contributed by atoms with van der Waals surface area (Å²) in [6, 6.07) is 22.0. The van der Waals surface area contributed by atoms with Crippen molar-refractivity contribution in [1.29, 1.82) is 0 Å². The molecule has 3 N–H and O–H groups in total. The summed E-state index contributed by atoms with van der Waals surface area (Å²) in [5.74, 6) is -0.0836. The Hall–Kier alpha value is -2.34. The minimum Gasteiger partial charge on any atom is -0.506 e. The van der Waals surface area contributed by atoms with E-state index >= 15 is 0 Å². The van der Waals surface area contributed by atoms with Gasteiger partial charge in [0.2, 0.25) is 5.91 Å². The quantitative estimate of drug-likeness (QED) is 0.286. The van der Waals surface area contributed by atoms with Gasteiger partial charge in [-0.05, 0) is 80.4 Å². The second kappa shape index (κ2) is 12.8. The molecule has 0 aromatic heterocycles. The lowest BCUT2D eigenvalue weighted by atomic mass is 10.0. The number of nitrogens with one attached hydrogen (secondary N) is 2. The number of aromatic hydroxyl groups is 1. The molecule has 0 aliphatic rings. The van der Waals surface area contributed by atoms with Gasteiger partial charge in [0, 0.05) is 13.0 Å². The molecule has 0 unspecified atom stereocenters. The van der Waals surface area contributed by atoms with Crippen LogP contribution in [0, 0.1) is 7.14 Å². The molecule has 0 radical (unpaired) electrons. The molecule has 0 saturated heterocycles. The largest absolute Gasteiger partial charge is 0.506 e. The zero-order chi connectivity index (χ0) is 23.6. The van der Waals surface area contributed by atoms with Crippen LogP contribution in [0.15, 0.2) is 72.8 Å². The van der Waals surface area contributed by atoms with E-state index in [1.54, 1.807) is 12.1 Å². The third kappa shape index (κ3) is 8.18. The number of rotatable bonds is 9. The van der Waals surface area contributed by atoms with E-state index in [9.17, 15) is 14.7 Å². The summed E-state index contributed by atoms with van der Waals surface area (Å²) in [5.41, 5.74) is 2.81. The van der Waals surface area contributed by atoms with Gasteiger partial charge in [0.15, 0.2) is 0 Å². The topological polar surface area (TPSA) is 87.7 Å². The van der Waals surface area contributed by atoms with Gasteiger partial charge in [-0.25, -0.2) is 4.79 Å². The summed E-state index contributed by atoms with van der Waals surface area (Å²) in [5, 5.41) is 15.6. The number of phenols is 1. The standard InChI is InChI=1S/C25H24I2N2O4/c26-20-13-19(14-21(27)23(20)30)15-22(24(31)28-12-11-17-7-3-1-4-8-17)29-25(32)33-16-18-9-5-2-6-10-18/h1-10,13-14,22,30H,11-12,15-16H2,(H,28,31)(H,29,32)/t22-/m1/s1. The number of halogens is 2. The Morgan fingerprint density at radius 2 is 1.45 bits per heavy atom. The fraction of sp³-hybridized carbons (Fsp3) is 0.200. The lowest BCUT2D eigenvalue weighted by molar-refractivity contribution is -0.123. The van der Waals surface area contributed by atoms with E-state index in [0.717, 1.165) is 16.7 Å². The fourth-order valence-electron chi connectivity index (χ4n) is 3.19. The molecule has 0 heterocycles. The van der Waals surface area contributed by atoms with E-state index < -0.39 is 12.1 Å². The van der Waals surface area contributed by atoms with Crippen molar-refractivity contribution < 1.29 is 19.4 Å². The normalized spacial score (nSPS) is 11.5. The van der Waals surface area contributed by atoms with Crippen LogP contribution in [0.5, 0.6) is 5.75 Å². The van der Waals surface area contributed by atoms with Crippen LogP contribution >= 0.6 is 45.2 Å². The molecule has 0 aliphatic carbocycles. The van der Waals surface area contributed by atoms with Crippen LogP contribution in [0.25, 0.3) is 0 Å². The second-order valence-corrected chi connectivity index (χ2v) is 9.72. The zero-order valence-electron chi connectivity index (χ0n) is 17.8. The third-order valence-electron chi connectivity index (χ3n) is 4.89. The van der Waals surface area contributed by atoms with E-state index in [0.29, 0.717) is 20.1 Å². The number of ether oxygens (including phenoxy) is 1. The Morgan fingerprint density at radius 1 is 0.879 bits per heavy atom. The summed E-state index contributed by atoms with van der Waals surface area (Å²) in [7, 11) is 0. The number of hydrogen-bond acceptors (Lipinski definition) is 4. The highest BCUT2D eigenvalue weighted by Crippen LogP contribution is 2.27. The summed E-state index contributed by atoms with van der Waals surface area (Å²) < 4.78 is 6.68. The van der Waals surface area contributed by atoms with Gasteiger partial charge in [-0.2, -0.15) is 0 Å². The Morgan fingerprint density at radius 3 is 2.06 bits per heavy atom. The number of carbonyl (C=O) groups is 2. The first kappa shape index (κ1) is 25.3. The predicted molar refractivity (Wildman–Crippen MR) is 144 cm³/mol. The van der Waals surface area contributed by atoms with Crippen molar-refractivity contribution in [2.75, 3.05) is 6.54 Å². The molecule has 6 nitrogen and oxygen atoms in total. The van der Waals surface area contributed by atoms with Crippen LogP contribution in [0.4, 0.5) is 4.79 Å². The van der Waals surface area contributed by atoms with Crippen LogP contribution in [0.3, 0.4) is 0 Å². The number of benzene rings is 3. The molecule has 1 atom stereocenters. The highest BCUT2D eigenvalue weighted by Gasteiger charge is 2.23. The first-order chi connectivity index (χ1) is 15.9. The van der Waals surface area contributed by atoms with E-state index in [2.05, 4.69) is 10.6 Å². The average molecular weight is 670 g/mol. The van der Waals surface area contributed by atoms with Crippen LogP contribution in [0.2, 0.25) is 0 Å². The number of carbonyl (C=O) groups excluding carboxylic acids is 2. The van der Waals surface area contributed by atoms with Gasteiger partial charge >= 0.3 is 6.09 Å². The van der Waals surface area contributed by atoms with Crippen LogP contribution in [-0.4, -0.2) is 29.7 Å². The smallest absolute Gasteiger partial charge is 0.408 e. The SMILES string of the molecule is O=C(N[C@H](Cc1cc(I)c(O)c(I)c1)C(=O)NCCc1ccccc1)OCc1ccccc1. The van der Waals surface area contributed by atoms with Gasteiger partial charge in [-0.1, -0.05) is 60.7 Å². The molecule has 0 fully saturated rings. The maximum atomic E-state index is 12.9. The minimum atomic E-state index is -0.819. The van der Waals surface area contributed by atoms with Crippen molar-refractivity contribution in [1.82, 2.24) is 10.6 Å². The molecule has 0 saturated carbocycles. The van der Waals surface area contributed by atoms with Gasteiger partial charge in [0.1, 0.15) is 18.4 Å². The summed E-state index contributed by atoms with van der Waals surface area (Å²) in [6.45, 7) is 0.564. The van der Waals surface area contributed by atoms with Gasteiger partial charge < -0.3 is 20.5 Å². The predicted octanol–water partition coefficient (Wildman–Crippen LogP) is 4.80. The van der Waals surface area contributed by atoms with Gasteiger partial charge in [-0.15, -0.1) is 0 Å². The van der Waals surface area contributed by atoms with Gasteiger partial charge in [0.05, 0.1) is 7.14 Å². The van der Waals surface area contributed by atoms with E-state index in [1.165, 1.54) is 0 Å². The number of phenolic OH excluding ortho intramolecular Hbond substituents is 1. The molecule has 33 heavy (non-hydrogen) atoms. The van der Waals surface area contributed by atoms with Crippen LogP contribution < -0.4 is 10.6 Å². The van der Waals surface area contributed by atoms with Crippen molar-refractivity contribution >= 4 is 57.2 Å². The molecule has 172 valence electrons. The molecule has 3 aromatic carbocycles. The Labute approximate surface area is 220 Å². The van der Waals surface area contributed by atoms with E-state index in [-0.39, 0.29) is 24.7 Å². The maximum absolute atomic E-state index is 12.9. The summed E-state index contributed by atoms with van der Waals surface area (Å²) in [6.07, 6.45) is 0.293. The van der Waals surface area contributed by atoms with E-state index in [4.69, 9.17) is 4.74 Å². The highest BCUT2D eigenvalue weighted by atomic mass is 127. The second-order valence-electron chi connectivity index (χ2n) is 7.40. The lowest BCUT2D eigenvalue weighted by Crippen LogP contribution is -2.48. The molecule has 8 heteroatoms. The Kier molecular flexibility index (Phi) is 9.79. The van der Waals surface area contributed by atoms with Crippen molar-refractivity contribution in [3.63, 3.8) is 0 Å². The van der Waals surface area contributed by atoms with Crippen LogP contribution in [0.1, 0.15) is 16.7 Å². The first-order valence-corrected chi connectivity index (χ1v) is 12.5. The maximum Gasteiger partial charge on any atom is 0.408 e. The van der Waals surface area contributed by atoms with Gasteiger partial charge in [0.25, 0.3) is 0 Å². The third-order valence-corrected chi connectivity index (χ3v) is 6.54. The monoisotopic (exact) mass is 670 g/mol. The van der Waals surface area contributed by atoms with Crippen molar-refractivity contribution in [3.8, 4) is 5.75 Å². The average Bonchev–Trinajstić information content (AvgIpc) is 2.82. The van der Waals surface area contributed by atoms with Crippen molar-refractivity contribution in [3.05, 3.63) is 96.6 Å². The lowest BCUT2D eigenvalue weighted by Gasteiger charge is -2.19. The van der Waals surface area contributed by atoms with Crippen molar-refractivity contribution in [2.45, 2.75) is 25.5 Å². The molecule has 3 rings (SSSR count). The highest BCUT2D eigenvalue weighted by molar-refractivity contribution is 14.1. The Balaban J connectivity index is 1.65. The fourth-order valence-corrected chi connectivity index (χ4v) is 5.08. The summed E-state index contributed by atoms with van der Waals surface area (Å²) in [4.78, 5) is 25.4. The molecule has 0 spiro atoms. The Bertz CT molecular complexity index is 1060. The zero-order valence-corrected chi connectivity index (χ0v) is 22.1. The minimum absolute atomic E-state index is 0.115. The molecule has 3 aromatic rings. The van der Waals surface area contributed by atoms with E-state index in [1.807, 2.05) is 106 Å². The molecule has 0 bridgehead atoms. The summed E-state index contributed by atoms with van der Waals surface area (Å²) >= 11 is 4.09. The molecular formula is C25H24I2N2O4. The number of alkyl carbamates (subject to hydrolysis) is 1. The molecular weight excluding hydrogens is 646 g/mol. The number of hydrogen-bond donors (Lipinski definition) is 3. The molecule has 0 aliphatic heterocycles. The van der Waals surface area contributed by atoms with Gasteiger partial charge in [-0.3, -0.25) is 4.79 Å². The number of amides is 2. The van der Waals surface area contributed by atoms with Crippen molar-refractivity contribution in [2.24, 2.45) is 0 Å².